The van der Waals surface area contributed by atoms with Crippen molar-refractivity contribution in [3.05, 3.63) is 41.2 Å². The topological polar surface area (TPSA) is 42.0 Å². The molecule has 0 saturated carbocycles. The summed E-state index contributed by atoms with van der Waals surface area (Å²) in [5.41, 5.74) is 0.379. The van der Waals surface area contributed by atoms with Gasteiger partial charge in [0.25, 0.3) is 5.91 Å². The molecular weight excluding hydrogens is 236 g/mol. The van der Waals surface area contributed by atoms with E-state index in [2.05, 4.69) is 22.5 Å². The molecule has 3 nitrogen and oxygen atoms in total. The van der Waals surface area contributed by atoms with Crippen molar-refractivity contribution in [3.63, 3.8) is 0 Å². The van der Waals surface area contributed by atoms with Crippen LogP contribution in [0.4, 0.5) is 0 Å². The molecule has 1 aliphatic carbocycles. The van der Waals surface area contributed by atoms with Crippen LogP contribution in [0.5, 0.6) is 0 Å². The van der Waals surface area contributed by atoms with Gasteiger partial charge in [0.1, 0.15) is 10.8 Å². The summed E-state index contributed by atoms with van der Waals surface area (Å²) >= 11 is 5.74. The minimum absolute atomic E-state index is 0.151. The molecule has 1 unspecified atom stereocenters. The number of aromatic nitrogens is 1. The Balaban J connectivity index is 1.87. The maximum atomic E-state index is 11.8. The Kier molecular flexibility index (Phi) is 4.15. The molecule has 1 aromatic heterocycles. The Hall–Kier alpha value is -1.35. The maximum absolute atomic E-state index is 11.8. The third-order valence-corrected chi connectivity index (χ3v) is 3.09. The van der Waals surface area contributed by atoms with Gasteiger partial charge in [-0.2, -0.15) is 0 Å². The Bertz CT molecular complexity index is 431. The zero-order chi connectivity index (χ0) is 12.1. The van der Waals surface area contributed by atoms with Crippen LogP contribution in [-0.2, 0) is 0 Å². The lowest BCUT2D eigenvalue weighted by atomic mass is 9.94. The first-order chi connectivity index (χ1) is 8.25. The highest BCUT2D eigenvalue weighted by Gasteiger charge is 2.12. The van der Waals surface area contributed by atoms with Crippen molar-refractivity contribution in [1.82, 2.24) is 10.3 Å². The molecule has 0 saturated heterocycles. The third-order valence-electron chi connectivity index (χ3n) is 2.88. The Morgan fingerprint density at radius 3 is 3.06 bits per heavy atom. The van der Waals surface area contributed by atoms with Crippen LogP contribution in [0.1, 0.15) is 29.8 Å². The first-order valence-electron chi connectivity index (χ1n) is 5.81. The SMILES string of the molecule is O=C(NCC1CC=CCC1)c1cccc(Cl)n1. The van der Waals surface area contributed by atoms with Crippen LogP contribution >= 0.6 is 11.6 Å². The second-order valence-corrected chi connectivity index (χ2v) is 4.59. The van der Waals surface area contributed by atoms with Crippen molar-refractivity contribution < 1.29 is 4.79 Å². The number of rotatable bonds is 3. The van der Waals surface area contributed by atoms with Crippen LogP contribution in [0, 0.1) is 5.92 Å². The van der Waals surface area contributed by atoms with Crippen molar-refractivity contribution in [2.75, 3.05) is 6.54 Å². The van der Waals surface area contributed by atoms with Crippen molar-refractivity contribution in [2.24, 2.45) is 5.92 Å². The highest BCUT2D eigenvalue weighted by atomic mass is 35.5. The summed E-state index contributed by atoms with van der Waals surface area (Å²) in [5.74, 6) is 0.394. The summed E-state index contributed by atoms with van der Waals surface area (Å²) in [6.45, 7) is 0.706. The molecule has 0 fully saturated rings. The van der Waals surface area contributed by atoms with Gasteiger partial charge in [0, 0.05) is 6.54 Å². The van der Waals surface area contributed by atoms with E-state index in [1.165, 1.54) is 0 Å². The number of nitrogens with zero attached hydrogens (tertiary/aromatic N) is 1. The summed E-state index contributed by atoms with van der Waals surface area (Å²) < 4.78 is 0. The predicted molar refractivity (Wildman–Crippen MR) is 68.1 cm³/mol. The van der Waals surface area contributed by atoms with Gasteiger partial charge in [-0.05, 0) is 37.3 Å². The quantitative estimate of drug-likeness (QED) is 0.662. The Morgan fingerprint density at radius 2 is 2.35 bits per heavy atom. The van der Waals surface area contributed by atoms with Gasteiger partial charge in [-0.25, -0.2) is 4.98 Å². The molecule has 1 aliphatic rings. The molecule has 1 aromatic rings. The van der Waals surface area contributed by atoms with E-state index in [1.807, 2.05) is 0 Å². The molecule has 1 N–H and O–H groups in total. The standard InChI is InChI=1S/C13H15ClN2O/c14-12-8-4-7-11(16-12)13(17)15-9-10-5-2-1-3-6-10/h1-2,4,7-8,10H,3,5-6,9H2,(H,15,17). The van der Waals surface area contributed by atoms with Gasteiger partial charge >= 0.3 is 0 Å². The number of carbonyl (C=O) groups is 1. The Labute approximate surface area is 106 Å². The molecule has 0 aromatic carbocycles. The van der Waals surface area contributed by atoms with Gasteiger partial charge in [0.05, 0.1) is 0 Å². The monoisotopic (exact) mass is 250 g/mol. The number of allylic oxidation sites excluding steroid dienone is 2. The predicted octanol–water partition coefficient (Wildman–Crippen LogP) is 2.82. The number of amides is 1. The van der Waals surface area contributed by atoms with Crippen molar-refractivity contribution in [3.8, 4) is 0 Å². The molecular formula is C13H15ClN2O. The normalized spacial score (nSPS) is 19.0. The molecule has 4 heteroatoms. The smallest absolute Gasteiger partial charge is 0.269 e. The summed E-state index contributed by atoms with van der Waals surface area (Å²) in [6, 6.07) is 5.06. The number of carbonyl (C=O) groups excluding carboxylic acids is 1. The minimum Gasteiger partial charge on any atom is -0.350 e. The fourth-order valence-corrected chi connectivity index (χ4v) is 2.07. The van der Waals surface area contributed by atoms with Crippen molar-refractivity contribution in [1.29, 1.82) is 0 Å². The molecule has 90 valence electrons. The molecule has 17 heavy (non-hydrogen) atoms. The number of hydrogen-bond acceptors (Lipinski definition) is 2. The van der Waals surface area contributed by atoms with Crippen molar-refractivity contribution >= 4 is 17.5 Å². The molecule has 0 radical (unpaired) electrons. The third kappa shape index (κ3) is 3.56. The van der Waals surface area contributed by atoms with E-state index in [0.717, 1.165) is 19.3 Å². The molecule has 0 spiro atoms. The summed E-state index contributed by atoms with van der Waals surface area (Å²) in [5, 5.41) is 3.25. The number of hydrogen-bond donors (Lipinski definition) is 1. The number of nitrogens with one attached hydrogen (secondary N) is 1. The van der Waals surface area contributed by atoms with E-state index in [-0.39, 0.29) is 5.91 Å². The van der Waals surface area contributed by atoms with Crippen LogP contribution in [-0.4, -0.2) is 17.4 Å². The molecule has 0 aliphatic heterocycles. The Morgan fingerprint density at radius 1 is 1.47 bits per heavy atom. The van der Waals surface area contributed by atoms with Gasteiger partial charge in [0.2, 0.25) is 0 Å². The summed E-state index contributed by atoms with van der Waals surface area (Å²) in [4.78, 5) is 15.8. The van der Waals surface area contributed by atoms with Crippen LogP contribution in [0.15, 0.2) is 30.4 Å². The molecule has 0 bridgehead atoms. The van der Waals surface area contributed by atoms with E-state index in [9.17, 15) is 4.79 Å². The highest BCUT2D eigenvalue weighted by Crippen LogP contribution is 2.17. The van der Waals surface area contributed by atoms with Gasteiger partial charge in [-0.3, -0.25) is 4.79 Å². The van der Waals surface area contributed by atoms with E-state index in [0.29, 0.717) is 23.3 Å². The fraction of sp³-hybridized carbons (Fsp3) is 0.385. The van der Waals surface area contributed by atoms with E-state index in [4.69, 9.17) is 11.6 Å². The summed E-state index contributed by atoms with van der Waals surface area (Å²) in [7, 11) is 0. The highest BCUT2D eigenvalue weighted by molar-refractivity contribution is 6.29. The minimum atomic E-state index is -0.151. The van der Waals surface area contributed by atoms with E-state index >= 15 is 0 Å². The zero-order valence-corrected chi connectivity index (χ0v) is 10.3. The molecule has 1 amide bonds. The first-order valence-corrected chi connectivity index (χ1v) is 6.19. The largest absolute Gasteiger partial charge is 0.350 e. The van der Waals surface area contributed by atoms with Gasteiger partial charge in [0.15, 0.2) is 0 Å². The maximum Gasteiger partial charge on any atom is 0.269 e. The van der Waals surface area contributed by atoms with E-state index < -0.39 is 0 Å². The lowest BCUT2D eigenvalue weighted by molar-refractivity contribution is 0.0941. The second kappa shape index (κ2) is 5.82. The second-order valence-electron chi connectivity index (χ2n) is 4.21. The lowest BCUT2D eigenvalue weighted by Gasteiger charge is -2.17. The van der Waals surface area contributed by atoms with E-state index in [1.54, 1.807) is 18.2 Å². The van der Waals surface area contributed by atoms with Crippen molar-refractivity contribution in [2.45, 2.75) is 19.3 Å². The molecule has 1 heterocycles. The number of halogens is 1. The molecule has 1 atom stereocenters. The molecule has 2 rings (SSSR count). The number of pyridine rings is 1. The van der Waals surface area contributed by atoms with Crippen LogP contribution in [0.2, 0.25) is 5.15 Å². The average molecular weight is 251 g/mol. The van der Waals surface area contributed by atoms with Crippen LogP contribution in [0.3, 0.4) is 0 Å². The van der Waals surface area contributed by atoms with Crippen LogP contribution < -0.4 is 5.32 Å². The van der Waals surface area contributed by atoms with Gasteiger partial charge in [-0.15, -0.1) is 0 Å². The van der Waals surface area contributed by atoms with Crippen LogP contribution in [0.25, 0.3) is 0 Å². The average Bonchev–Trinajstić information content (AvgIpc) is 2.37. The fourth-order valence-electron chi connectivity index (χ4n) is 1.90. The van der Waals surface area contributed by atoms with Gasteiger partial charge in [-0.1, -0.05) is 29.8 Å². The lowest BCUT2D eigenvalue weighted by Crippen LogP contribution is -2.30. The van der Waals surface area contributed by atoms with Gasteiger partial charge < -0.3 is 5.32 Å². The zero-order valence-electron chi connectivity index (χ0n) is 9.53. The summed E-state index contributed by atoms with van der Waals surface area (Å²) in [6.07, 6.45) is 7.66. The first kappa shape index (κ1) is 12.1.